The summed E-state index contributed by atoms with van der Waals surface area (Å²) in [5.74, 6) is 0.677. The average molecular weight is 357 g/mol. The van der Waals surface area contributed by atoms with Crippen molar-refractivity contribution in [3.05, 3.63) is 22.2 Å². The molecule has 21 heavy (non-hydrogen) atoms. The number of halogens is 1. The van der Waals surface area contributed by atoms with E-state index in [1.807, 2.05) is 32.9 Å². The number of fused-ring (bicyclic) bond motifs is 1. The maximum atomic E-state index is 12.0. The van der Waals surface area contributed by atoms with E-state index in [0.717, 1.165) is 22.3 Å². The molecule has 0 saturated carbocycles. The van der Waals surface area contributed by atoms with Crippen LogP contribution in [-0.2, 0) is 9.53 Å². The Morgan fingerprint density at radius 3 is 2.86 bits per heavy atom. The lowest BCUT2D eigenvalue weighted by Crippen LogP contribution is -2.27. The lowest BCUT2D eigenvalue weighted by Gasteiger charge is -2.17. The average Bonchev–Trinajstić information content (AvgIpc) is 2.73. The number of nitrogens with one attached hydrogen (secondary N) is 2. The maximum Gasteiger partial charge on any atom is 0.246 e. The Morgan fingerprint density at radius 2 is 2.19 bits per heavy atom. The summed E-state index contributed by atoms with van der Waals surface area (Å²) in [7, 11) is 0. The molecule has 2 atom stereocenters. The van der Waals surface area contributed by atoms with Gasteiger partial charge >= 0.3 is 0 Å². The monoisotopic (exact) mass is 356 g/mol. The zero-order chi connectivity index (χ0) is 15.4. The van der Waals surface area contributed by atoms with E-state index >= 15 is 0 Å². The Hall–Kier alpha value is -1.11. The third-order valence-electron chi connectivity index (χ3n) is 3.23. The van der Waals surface area contributed by atoms with Crippen LogP contribution in [0.5, 0.6) is 5.75 Å². The molecule has 0 spiro atoms. The highest BCUT2D eigenvalue weighted by Gasteiger charge is 2.31. The minimum Gasteiger partial charge on any atom is -0.487 e. The van der Waals surface area contributed by atoms with Crippen LogP contribution in [-0.4, -0.2) is 31.8 Å². The van der Waals surface area contributed by atoms with Crippen molar-refractivity contribution in [3.63, 3.8) is 0 Å². The van der Waals surface area contributed by atoms with Crippen molar-refractivity contribution in [2.75, 3.05) is 25.1 Å². The first-order valence-electron chi connectivity index (χ1n) is 7.18. The molecule has 1 aliphatic rings. The van der Waals surface area contributed by atoms with E-state index in [2.05, 4.69) is 26.6 Å². The van der Waals surface area contributed by atoms with Gasteiger partial charge in [-0.3, -0.25) is 4.79 Å². The first-order chi connectivity index (χ1) is 10.1. The van der Waals surface area contributed by atoms with Crippen molar-refractivity contribution in [2.24, 2.45) is 0 Å². The van der Waals surface area contributed by atoms with Gasteiger partial charge in [0.15, 0.2) is 0 Å². The van der Waals surface area contributed by atoms with E-state index in [-0.39, 0.29) is 18.1 Å². The van der Waals surface area contributed by atoms with Crippen molar-refractivity contribution in [1.82, 2.24) is 5.32 Å². The van der Waals surface area contributed by atoms with Crippen LogP contribution in [0.3, 0.4) is 0 Å². The summed E-state index contributed by atoms with van der Waals surface area (Å²) in [6.07, 6.45) is -0.0547. The molecule has 0 fully saturated rings. The Bertz CT molecular complexity index is 522. The molecule has 0 saturated heterocycles. The second-order valence-electron chi connectivity index (χ2n) is 4.94. The van der Waals surface area contributed by atoms with Crippen molar-refractivity contribution in [3.8, 4) is 5.75 Å². The van der Waals surface area contributed by atoms with Gasteiger partial charge in [0.05, 0.1) is 11.1 Å². The molecular weight excluding hydrogens is 336 g/mol. The normalized spacial score (nSPS) is 18.3. The number of carbonyl (C=O) groups excluding carboxylic acids is 1. The molecule has 1 amide bonds. The van der Waals surface area contributed by atoms with Crippen molar-refractivity contribution in [2.45, 2.75) is 32.9 Å². The molecule has 2 rings (SSSR count). The van der Waals surface area contributed by atoms with Gasteiger partial charge in [-0.05, 0) is 42.4 Å². The number of anilines is 1. The van der Waals surface area contributed by atoms with Gasteiger partial charge in [0.1, 0.15) is 17.9 Å². The van der Waals surface area contributed by atoms with Gasteiger partial charge in [0, 0.05) is 23.9 Å². The van der Waals surface area contributed by atoms with E-state index in [1.54, 1.807) is 0 Å². The number of hydrogen-bond donors (Lipinski definition) is 2. The largest absolute Gasteiger partial charge is 0.487 e. The smallest absolute Gasteiger partial charge is 0.246 e. The molecular formula is C15H21BrN2O3. The standard InChI is InChI=1S/C15H21BrN2O3/c1-4-17-14-10-6-11(16)13(7-12(10)18-15(14)19)21-9(3)8-20-5-2/h6-7,9,14,17H,4-5,8H2,1-3H3,(H,18,19). The van der Waals surface area contributed by atoms with E-state index in [4.69, 9.17) is 9.47 Å². The van der Waals surface area contributed by atoms with Gasteiger partial charge in [-0.15, -0.1) is 0 Å². The number of carbonyl (C=O) groups is 1. The summed E-state index contributed by atoms with van der Waals surface area (Å²) in [5, 5.41) is 6.05. The highest BCUT2D eigenvalue weighted by Crippen LogP contribution is 2.39. The summed E-state index contributed by atoms with van der Waals surface area (Å²) < 4.78 is 12.0. The molecule has 0 bridgehead atoms. The third kappa shape index (κ3) is 3.75. The Labute approximate surface area is 133 Å². The molecule has 5 nitrogen and oxygen atoms in total. The third-order valence-corrected chi connectivity index (χ3v) is 3.85. The lowest BCUT2D eigenvalue weighted by atomic mass is 10.1. The highest BCUT2D eigenvalue weighted by molar-refractivity contribution is 9.10. The van der Waals surface area contributed by atoms with Crippen molar-refractivity contribution < 1.29 is 14.3 Å². The Morgan fingerprint density at radius 1 is 1.43 bits per heavy atom. The Balaban J connectivity index is 2.17. The van der Waals surface area contributed by atoms with Crippen LogP contribution < -0.4 is 15.4 Å². The molecule has 0 aliphatic carbocycles. The second kappa shape index (κ2) is 7.24. The fourth-order valence-corrected chi connectivity index (χ4v) is 2.75. The van der Waals surface area contributed by atoms with Crippen molar-refractivity contribution >= 4 is 27.5 Å². The summed E-state index contributed by atoms with van der Waals surface area (Å²) in [4.78, 5) is 12.0. The SMILES string of the molecule is CCNC1C(=O)Nc2cc(OC(C)COCC)c(Br)cc21. The quantitative estimate of drug-likeness (QED) is 0.788. The van der Waals surface area contributed by atoms with Crippen LogP contribution in [0.1, 0.15) is 32.4 Å². The minimum absolute atomic E-state index is 0.0294. The zero-order valence-corrected chi connectivity index (χ0v) is 14.1. The fraction of sp³-hybridized carbons (Fsp3) is 0.533. The van der Waals surface area contributed by atoms with Crippen LogP contribution >= 0.6 is 15.9 Å². The van der Waals surface area contributed by atoms with Crippen LogP contribution in [0.2, 0.25) is 0 Å². The number of rotatable bonds is 7. The minimum atomic E-state index is -0.295. The van der Waals surface area contributed by atoms with E-state index in [9.17, 15) is 4.79 Å². The molecule has 2 unspecified atom stereocenters. The molecule has 0 radical (unpaired) electrons. The van der Waals surface area contributed by atoms with E-state index in [1.165, 1.54) is 0 Å². The molecule has 1 aromatic rings. The lowest BCUT2D eigenvalue weighted by molar-refractivity contribution is -0.117. The highest BCUT2D eigenvalue weighted by atomic mass is 79.9. The molecule has 116 valence electrons. The van der Waals surface area contributed by atoms with E-state index < -0.39 is 0 Å². The maximum absolute atomic E-state index is 12.0. The first-order valence-corrected chi connectivity index (χ1v) is 7.98. The van der Waals surface area contributed by atoms with Crippen LogP contribution in [0.25, 0.3) is 0 Å². The summed E-state index contributed by atoms with van der Waals surface area (Å²) in [6, 6.07) is 3.50. The predicted octanol–water partition coefficient (Wildman–Crippen LogP) is 2.86. The summed E-state index contributed by atoms with van der Waals surface area (Å²) >= 11 is 3.51. The number of amides is 1. The molecule has 1 aliphatic heterocycles. The fourth-order valence-electron chi connectivity index (χ4n) is 2.29. The summed E-state index contributed by atoms with van der Waals surface area (Å²) in [5.41, 5.74) is 1.74. The van der Waals surface area contributed by atoms with Crippen LogP contribution in [0.15, 0.2) is 16.6 Å². The van der Waals surface area contributed by atoms with Gasteiger partial charge < -0.3 is 20.1 Å². The first kappa shape index (κ1) is 16.3. The number of ether oxygens (including phenoxy) is 2. The second-order valence-corrected chi connectivity index (χ2v) is 5.79. The predicted molar refractivity (Wildman–Crippen MR) is 85.8 cm³/mol. The van der Waals surface area contributed by atoms with Crippen LogP contribution in [0.4, 0.5) is 5.69 Å². The molecule has 1 aromatic carbocycles. The van der Waals surface area contributed by atoms with Gasteiger partial charge in [0.25, 0.3) is 0 Å². The number of hydrogen-bond acceptors (Lipinski definition) is 4. The molecule has 2 N–H and O–H groups in total. The Kier molecular flexibility index (Phi) is 5.61. The topological polar surface area (TPSA) is 59.6 Å². The van der Waals surface area contributed by atoms with Gasteiger partial charge in [0.2, 0.25) is 5.91 Å². The number of likely N-dealkylation sites (N-methyl/N-ethyl adjacent to an activating group) is 1. The summed E-state index contributed by atoms with van der Waals surface area (Å²) in [6.45, 7) is 7.82. The molecule has 6 heteroatoms. The van der Waals surface area contributed by atoms with E-state index in [0.29, 0.717) is 19.0 Å². The molecule has 0 aromatic heterocycles. The van der Waals surface area contributed by atoms with Gasteiger partial charge in [-0.25, -0.2) is 0 Å². The van der Waals surface area contributed by atoms with Crippen molar-refractivity contribution in [1.29, 1.82) is 0 Å². The molecule has 1 heterocycles. The van der Waals surface area contributed by atoms with Crippen LogP contribution in [0, 0.1) is 0 Å². The zero-order valence-electron chi connectivity index (χ0n) is 12.5. The number of benzene rings is 1. The van der Waals surface area contributed by atoms with Gasteiger partial charge in [-0.1, -0.05) is 6.92 Å². The van der Waals surface area contributed by atoms with Gasteiger partial charge in [-0.2, -0.15) is 0 Å².